The number of pyridine rings is 1. The van der Waals surface area contributed by atoms with Gasteiger partial charge in [-0.1, -0.05) is 12.1 Å². The van der Waals surface area contributed by atoms with Crippen LogP contribution in [0.4, 0.5) is 4.39 Å². The summed E-state index contributed by atoms with van der Waals surface area (Å²) in [5.74, 6) is -1.03. The van der Waals surface area contributed by atoms with Crippen molar-refractivity contribution >= 4 is 5.97 Å². The monoisotopic (exact) mass is 271 g/mol. The van der Waals surface area contributed by atoms with Crippen LogP contribution in [0.5, 0.6) is 0 Å². The van der Waals surface area contributed by atoms with Gasteiger partial charge >= 0.3 is 5.97 Å². The summed E-state index contributed by atoms with van der Waals surface area (Å²) in [6, 6.07) is 7.93. The van der Waals surface area contributed by atoms with Crippen LogP contribution in [-0.2, 0) is 11.3 Å². The molecule has 2 heterocycles. The lowest BCUT2D eigenvalue weighted by molar-refractivity contribution is -0.137. The Morgan fingerprint density at radius 3 is 2.70 bits per heavy atom. The van der Waals surface area contributed by atoms with E-state index in [1.54, 1.807) is 36.7 Å². The van der Waals surface area contributed by atoms with E-state index in [9.17, 15) is 9.18 Å². The molecule has 0 unspecified atom stereocenters. The molecule has 2 aliphatic rings. The van der Waals surface area contributed by atoms with Gasteiger partial charge in [0.25, 0.3) is 0 Å². The van der Waals surface area contributed by atoms with Gasteiger partial charge in [0.05, 0.1) is 11.3 Å². The van der Waals surface area contributed by atoms with Gasteiger partial charge in [-0.2, -0.15) is 0 Å². The zero-order chi connectivity index (χ0) is 14.1. The summed E-state index contributed by atoms with van der Waals surface area (Å²) in [6.45, 7) is -0.155. The number of fused-ring (bicyclic) bond motifs is 1. The maximum Gasteiger partial charge on any atom is 0.323 e. The number of carboxylic acids is 1. The Labute approximate surface area is 113 Å². The van der Waals surface area contributed by atoms with Crippen molar-refractivity contribution in [2.45, 2.75) is 6.54 Å². The third-order valence-corrected chi connectivity index (χ3v) is 2.86. The lowest BCUT2D eigenvalue weighted by atomic mass is 10.2. The second-order valence-corrected chi connectivity index (χ2v) is 4.31. The maximum absolute atomic E-state index is 13.7. The van der Waals surface area contributed by atoms with E-state index in [0.29, 0.717) is 22.8 Å². The van der Waals surface area contributed by atoms with E-state index in [4.69, 9.17) is 5.11 Å². The lowest BCUT2D eigenvalue weighted by Crippen LogP contribution is -2.08. The van der Waals surface area contributed by atoms with Gasteiger partial charge in [-0.25, -0.2) is 14.4 Å². The lowest BCUT2D eigenvalue weighted by Gasteiger charge is -2.03. The number of aromatic nitrogens is 3. The molecule has 0 bridgehead atoms. The third kappa shape index (κ3) is 2.23. The number of benzene rings is 1. The standard InChI is InChI=1S/C14H10FN3O2/c15-10-4-2-1-3-9(10)14-16-11-5-6-18(8-13(19)20)7-12(11)17-14/h1-7H,8H2,(H,19,20). The third-order valence-electron chi connectivity index (χ3n) is 2.86. The van der Waals surface area contributed by atoms with E-state index in [1.807, 2.05) is 0 Å². The van der Waals surface area contributed by atoms with Crippen LogP contribution in [0.25, 0.3) is 22.8 Å². The fourth-order valence-corrected chi connectivity index (χ4v) is 1.97. The molecule has 0 spiro atoms. The molecule has 0 amide bonds. The SMILES string of the molecule is O=C(O)Cn1ccc2nc(-c3ccccc3F)nc-2c1. The molecule has 0 atom stereocenters. The quantitative estimate of drug-likeness (QED) is 0.793. The maximum atomic E-state index is 13.7. The van der Waals surface area contributed by atoms with Gasteiger partial charge in [0.15, 0.2) is 5.82 Å². The highest BCUT2D eigenvalue weighted by Crippen LogP contribution is 2.26. The Morgan fingerprint density at radius 2 is 1.95 bits per heavy atom. The molecule has 2 aliphatic heterocycles. The molecule has 0 aromatic heterocycles. The number of carbonyl (C=O) groups is 1. The number of carboxylic acid groups (broad SMARTS) is 1. The van der Waals surface area contributed by atoms with Gasteiger partial charge in [0.1, 0.15) is 18.1 Å². The Hall–Kier alpha value is -2.76. The largest absolute Gasteiger partial charge is 0.480 e. The minimum Gasteiger partial charge on any atom is -0.480 e. The van der Waals surface area contributed by atoms with Crippen molar-refractivity contribution < 1.29 is 14.3 Å². The van der Waals surface area contributed by atoms with Crippen molar-refractivity contribution in [3.63, 3.8) is 0 Å². The van der Waals surface area contributed by atoms with Crippen LogP contribution in [0.15, 0.2) is 42.7 Å². The fraction of sp³-hybridized carbons (Fsp3) is 0.0714. The predicted molar refractivity (Wildman–Crippen MR) is 69.7 cm³/mol. The topological polar surface area (TPSA) is 68.0 Å². The minimum absolute atomic E-state index is 0.155. The second-order valence-electron chi connectivity index (χ2n) is 4.31. The first kappa shape index (κ1) is 12.3. The van der Waals surface area contributed by atoms with Crippen LogP contribution in [0.1, 0.15) is 0 Å². The molecule has 3 rings (SSSR count). The van der Waals surface area contributed by atoms with Gasteiger partial charge in [-0.15, -0.1) is 0 Å². The summed E-state index contributed by atoms with van der Waals surface area (Å²) >= 11 is 0. The molecule has 100 valence electrons. The smallest absolute Gasteiger partial charge is 0.323 e. The summed E-state index contributed by atoms with van der Waals surface area (Å²) in [6.07, 6.45) is 3.19. The average Bonchev–Trinajstić information content (AvgIpc) is 2.81. The Morgan fingerprint density at radius 1 is 1.20 bits per heavy atom. The first-order chi connectivity index (χ1) is 9.63. The van der Waals surface area contributed by atoms with Crippen molar-refractivity contribution in [1.82, 2.24) is 14.5 Å². The first-order valence-corrected chi connectivity index (χ1v) is 5.94. The summed E-state index contributed by atoms with van der Waals surface area (Å²) in [4.78, 5) is 19.2. The van der Waals surface area contributed by atoms with Crippen LogP contribution < -0.4 is 0 Å². The summed E-state index contributed by atoms with van der Waals surface area (Å²) in [5, 5.41) is 8.75. The summed E-state index contributed by atoms with van der Waals surface area (Å²) in [5.41, 5.74) is 1.46. The highest BCUT2D eigenvalue weighted by Gasteiger charge is 2.15. The highest BCUT2D eigenvalue weighted by atomic mass is 19.1. The van der Waals surface area contributed by atoms with E-state index < -0.39 is 5.97 Å². The average molecular weight is 271 g/mol. The van der Waals surface area contributed by atoms with Crippen molar-refractivity contribution in [2.24, 2.45) is 0 Å². The highest BCUT2D eigenvalue weighted by molar-refractivity contribution is 5.68. The Balaban J connectivity index is 2.06. The van der Waals surface area contributed by atoms with Crippen LogP contribution in [0, 0.1) is 5.82 Å². The van der Waals surface area contributed by atoms with Crippen molar-refractivity contribution in [3.05, 3.63) is 48.5 Å². The number of halogens is 1. The van der Waals surface area contributed by atoms with Crippen LogP contribution in [-0.4, -0.2) is 25.6 Å². The Bertz CT molecular complexity index is 754. The van der Waals surface area contributed by atoms with E-state index in [0.717, 1.165) is 0 Å². The van der Waals surface area contributed by atoms with Gasteiger partial charge in [-0.05, 0) is 18.2 Å². The van der Waals surface area contributed by atoms with Crippen LogP contribution in [0.3, 0.4) is 0 Å². The van der Waals surface area contributed by atoms with E-state index in [-0.39, 0.29) is 12.4 Å². The zero-order valence-corrected chi connectivity index (χ0v) is 10.3. The minimum atomic E-state index is -0.941. The zero-order valence-electron chi connectivity index (χ0n) is 10.3. The Kier molecular flexibility index (Phi) is 2.90. The van der Waals surface area contributed by atoms with Gasteiger partial charge in [0.2, 0.25) is 0 Å². The molecule has 0 saturated heterocycles. The first-order valence-electron chi connectivity index (χ1n) is 5.94. The molecule has 0 saturated carbocycles. The molecule has 20 heavy (non-hydrogen) atoms. The molecular formula is C14H10FN3O2. The van der Waals surface area contributed by atoms with Crippen molar-refractivity contribution in [1.29, 1.82) is 0 Å². The molecule has 1 aromatic rings. The van der Waals surface area contributed by atoms with E-state index >= 15 is 0 Å². The van der Waals surface area contributed by atoms with Gasteiger partial charge < -0.3 is 9.67 Å². The number of hydrogen-bond donors (Lipinski definition) is 1. The number of aliphatic carboxylic acids is 1. The number of nitrogens with zero attached hydrogens (tertiary/aromatic N) is 3. The molecule has 1 N–H and O–H groups in total. The molecule has 0 aliphatic carbocycles. The molecule has 0 radical (unpaired) electrons. The van der Waals surface area contributed by atoms with E-state index in [1.165, 1.54) is 10.6 Å². The summed E-state index contributed by atoms with van der Waals surface area (Å²) < 4.78 is 15.2. The second kappa shape index (κ2) is 4.73. The number of hydrogen-bond acceptors (Lipinski definition) is 3. The molecule has 1 aromatic carbocycles. The molecular weight excluding hydrogens is 261 g/mol. The van der Waals surface area contributed by atoms with Gasteiger partial charge in [0, 0.05) is 12.4 Å². The predicted octanol–water partition coefficient (Wildman–Crippen LogP) is 2.27. The van der Waals surface area contributed by atoms with Crippen LogP contribution in [0.2, 0.25) is 0 Å². The van der Waals surface area contributed by atoms with Crippen molar-refractivity contribution in [3.8, 4) is 22.8 Å². The normalized spacial score (nSPS) is 10.8. The number of rotatable bonds is 3. The fourth-order valence-electron chi connectivity index (χ4n) is 1.97. The molecule has 6 heteroatoms. The number of imidazole rings is 1. The van der Waals surface area contributed by atoms with Crippen molar-refractivity contribution in [2.75, 3.05) is 0 Å². The molecule has 5 nitrogen and oxygen atoms in total. The van der Waals surface area contributed by atoms with Crippen LogP contribution >= 0.6 is 0 Å². The van der Waals surface area contributed by atoms with E-state index in [2.05, 4.69) is 9.97 Å². The van der Waals surface area contributed by atoms with Gasteiger partial charge in [-0.3, -0.25) is 4.79 Å². The molecule has 0 fully saturated rings. The summed E-state index contributed by atoms with van der Waals surface area (Å²) in [7, 11) is 0.